The molecule has 2 amide bonds. The van der Waals surface area contributed by atoms with Gasteiger partial charge in [-0.1, -0.05) is 73.4 Å². The zero-order valence-electron chi connectivity index (χ0n) is 22.6. The molecular formula is C30H41Cl2N3O2. The van der Waals surface area contributed by atoms with Gasteiger partial charge in [0.2, 0.25) is 11.8 Å². The van der Waals surface area contributed by atoms with E-state index in [1.165, 1.54) is 0 Å². The summed E-state index contributed by atoms with van der Waals surface area (Å²) in [7, 11) is 0. The third-order valence-electron chi connectivity index (χ3n) is 7.77. The molecule has 1 fully saturated rings. The minimum absolute atomic E-state index is 0.0119. The van der Waals surface area contributed by atoms with Crippen molar-refractivity contribution in [3.05, 3.63) is 69.7 Å². The van der Waals surface area contributed by atoms with Crippen LogP contribution in [-0.4, -0.2) is 53.8 Å². The molecule has 3 rings (SSSR count). The van der Waals surface area contributed by atoms with Crippen molar-refractivity contribution < 1.29 is 9.59 Å². The van der Waals surface area contributed by atoms with Gasteiger partial charge in [-0.05, 0) is 68.8 Å². The molecule has 202 valence electrons. The van der Waals surface area contributed by atoms with E-state index in [9.17, 15) is 9.59 Å². The van der Waals surface area contributed by atoms with Crippen LogP contribution in [0.3, 0.4) is 0 Å². The minimum Gasteiger partial charge on any atom is -0.349 e. The highest BCUT2D eigenvalue weighted by molar-refractivity contribution is 6.42. The lowest BCUT2D eigenvalue weighted by atomic mass is 9.77. The number of amides is 2. The molecule has 2 aromatic rings. The first-order valence-corrected chi connectivity index (χ1v) is 14.3. The predicted octanol–water partition coefficient (Wildman–Crippen LogP) is 6.63. The number of hydrogen-bond acceptors (Lipinski definition) is 3. The fourth-order valence-electron chi connectivity index (χ4n) is 5.33. The van der Waals surface area contributed by atoms with Crippen molar-refractivity contribution in [2.75, 3.05) is 26.2 Å². The molecule has 2 atom stereocenters. The Morgan fingerprint density at radius 1 is 1.08 bits per heavy atom. The average molecular weight is 547 g/mol. The van der Waals surface area contributed by atoms with E-state index in [-0.39, 0.29) is 17.9 Å². The van der Waals surface area contributed by atoms with Gasteiger partial charge >= 0.3 is 0 Å². The first kappa shape index (κ1) is 29.5. The summed E-state index contributed by atoms with van der Waals surface area (Å²) in [6, 6.07) is 15.8. The van der Waals surface area contributed by atoms with Crippen LogP contribution in [0, 0.1) is 0 Å². The molecule has 37 heavy (non-hydrogen) atoms. The maximum atomic E-state index is 13.9. The van der Waals surface area contributed by atoms with Gasteiger partial charge in [0.1, 0.15) is 0 Å². The molecule has 2 aromatic carbocycles. The summed E-state index contributed by atoms with van der Waals surface area (Å²) in [5.74, 6) is 0.148. The van der Waals surface area contributed by atoms with Gasteiger partial charge in [-0.25, -0.2) is 0 Å². The van der Waals surface area contributed by atoms with E-state index in [2.05, 4.69) is 36.2 Å². The second-order valence-corrected chi connectivity index (χ2v) is 11.2. The van der Waals surface area contributed by atoms with Gasteiger partial charge in [-0.3, -0.25) is 9.59 Å². The third kappa shape index (κ3) is 7.49. The Morgan fingerprint density at radius 3 is 2.32 bits per heavy atom. The number of nitrogens with zero attached hydrogens (tertiary/aromatic N) is 2. The fraction of sp³-hybridized carbons (Fsp3) is 0.533. The molecule has 1 N–H and O–H groups in total. The van der Waals surface area contributed by atoms with Crippen LogP contribution in [0.5, 0.6) is 0 Å². The summed E-state index contributed by atoms with van der Waals surface area (Å²) in [6.07, 6.45) is 4.34. The fourth-order valence-corrected chi connectivity index (χ4v) is 5.62. The van der Waals surface area contributed by atoms with Crippen molar-refractivity contribution >= 4 is 35.0 Å². The van der Waals surface area contributed by atoms with Crippen molar-refractivity contribution in [3.8, 4) is 0 Å². The predicted molar refractivity (Wildman–Crippen MR) is 153 cm³/mol. The Labute approximate surface area is 232 Å². The van der Waals surface area contributed by atoms with Gasteiger partial charge in [-0.15, -0.1) is 0 Å². The Kier molecular flexibility index (Phi) is 10.9. The molecule has 1 aliphatic rings. The van der Waals surface area contributed by atoms with E-state index in [0.717, 1.165) is 63.0 Å². The maximum absolute atomic E-state index is 13.9. The molecule has 0 spiro atoms. The summed E-state index contributed by atoms with van der Waals surface area (Å²) in [4.78, 5) is 30.5. The minimum atomic E-state index is -0.777. The van der Waals surface area contributed by atoms with E-state index in [1.807, 2.05) is 42.2 Å². The maximum Gasteiger partial charge on any atom is 0.230 e. The Balaban J connectivity index is 1.75. The molecule has 5 nitrogen and oxygen atoms in total. The van der Waals surface area contributed by atoms with Crippen LogP contribution < -0.4 is 5.32 Å². The van der Waals surface area contributed by atoms with E-state index in [1.54, 1.807) is 13.0 Å². The van der Waals surface area contributed by atoms with Crippen LogP contribution in [0.2, 0.25) is 10.0 Å². The van der Waals surface area contributed by atoms with Gasteiger partial charge < -0.3 is 15.1 Å². The van der Waals surface area contributed by atoms with Gasteiger partial charge in [0, 0.05) is 32.6 Å². The van der Waals surface area contributed by atoms with Crippen LogP contribution in [0.4, 0.5) is 0 Å². The number of rotatable bonds is 11. The van der Waals surface area contributed by atoms with Crippen molar-refractivity contribution in [3.63, 3.8) is 0 Å². The Bertz CT molecular complexity index is 1040. The Hall–Kier alpha value is -2.08. The highest BCUT2D eigenvalue weighted by Crippen LogP contribution is 2.34. The van der Waals surface area contributed by atoms with E-state index in [4.69, 9.17) is 23.2 Å². The van der Waals surface area contributed by atoms with Crippen LogP contribution in [0.1, 0.15) is 77.0 Å². The van der Waals surface area contributed by atoms with E-state index >= 15 is 0 Å². The zero-order chi connectivity index (χ0) is 27.0. The smallest absolute Gasteiger partial charge is 0.230 e. The van der Waals surface area contributed by atoms with E-state index < -0.39 is 5.41 Å². The normalized spacial score (nSPS) is 17.1. The molecule has 0 bridgehead atoms. The molecule has 0 saturated carbocycles. The average Bonchev–Trinajstić information content (AvgIpc) is 2.91. The van der Waals surface area contributed by atoms with Gasteiger partial charge in [0.25, 0.3) is 0 Å². The molecule has 1 aliphatic heterocycles. The van der Waals surface area contributed by atoms with Gasteiger partial charge in [-0.2, -0.15) is 0 Å². The van der Waals surface area contributed by atoms with Crippen molar-refractivity contribution in [2.24, 2.45) is 0 Å². The molecule has 2 unspecified atom stereocenters. The number of carbonyl (C=O) groups is 2. The quantitative estimate of drug-likeness (QED) is 0.344. The van der Waals surface area contributed by atoms with E-state index in [0.29, 0.717) is 22.5 Å². The highest BCUT2D eigenvalue weighted by atomic mass is 35.5. The third-order valence-corrected chi connectivity index (χ3v) is 8.51. The number of nitrogens with one attached hydrogen (secondary N) is 1. The SMILES string of the molecule is CCCN(C(C)=O)C1CCN(CCC(C)(C(=O)NC(CC)c2ccccc2)c2ccc(Cl)c(Cl)c2)CC1. The number of benzene rings is 2. The number of piperidine rings is 1. The highest BCUT2D eigenvalue weighted by Gasteiger charge is 2.37. The first-order chi connectivity index (χ1) is 17.7. The summed E-state index contributed by atoms with van der Waals surface area (Å²) in [5.41, 5.74) is 1.18. The zero-order valence-corrected chi connectivity index (χ0v) is 24.1. The van der Waals surface area contributed by atoms with Crippen molar-refractivity contribution in [1.29, 1.82) is 0 Å². The van der Waals surface area contributed by atoms with Gasteiger partial charge in [0.05, 0.1) is 21.5 Å². The molecule has 1 heterocycles. The second-order valence-electron chi connectivity index (χ2n) is 10.3. The Morgan fingerprint density at radius 2 is 1.76 bits per heavy atom. The topological polar surface area (TPSA) is 52.7 Å². The number of halogens is 2. The molecule has 0 aliphatic carbocycles. The summed E-state index contributed by atoms with van der Waals surface area (Å²) < 4.78 is 0. The summed E-state index contributed by atoms with van der Waals surface area (Å²) in [6.45, 7) is 11.3. The van der Waals surface area contributed by atoms with Crippen molar-refractivity contribution in [2.45, 2.75) is 77.3 Å². The summed E-state index contributed by atoms with van der Waals surface area (Å²) >= 11 is 12.6. The molecule has 0 aromatic heterocycles. The lowest BCUT2D eigenvalue weighted by Gasteiger charge is -2.39. The number of likely N-dealkylation sites (tertiary alicyclic amines) is 1. The van der Waals surface area contributed by atoms with Crippen molar-refractivity contribution in [1.82, 2.24) is 15.1 Å². The monoisotopic (exact) mass is 545 g/mol. The number of hydrogen-bond donors (Lipinski definition) is 1. The largest absolute Gasteiger partial charge is 0.349 e. The van der Waals surface area contributed by atoms with Crippen LogP contribution in [0.25, 0.3) is 0 Å². The second kappa shape index (κ2) is 13.6. The molecular weight excluding hydrogens is 505 g/mol. The van der Waals surface area contributed by atoms with Crippen LogP contribution in [-0.2, 0) is 15.0 Å². The molecule has 0 radical (unpaired) electrons. The number of carbonyl (C=O) groups excluding carboxylic acids is 2. The van der Waals surface area contributed by atoms with Gasteiger partial charge in [0.15, 0.2) is 0 Å². The lowest BCUT2D eigenvalue weighted by molar-refractivity contribution is -0.132. The first-order valence-electron chi connectivity index (χ1n) is 13.5. The van der Waals surface area contributed by atoms with Crippen LogP contribution >= 0.6 is 23.2 Å². The molecule has 1 saturated heterocycles. The standard InChI is InChI=1S/C30H41Cl2N3O2/c1-5-17-35(22(3)36)25-14-18-34(19-15-25)20-16-30(4,24-12-13-26(31)27(32)21-24)29(37)33-28(6-2)23-10-8-7-9-11-23/h7-13,21,25,28H,5-6,14-20H2,1-4H3,(H,33,37). The van der Waals surface area contributed by atoms with Crippen LogP contribution in [0.15, 0.2) is 48.5 Å². The summed E-state index contributed by atoms with van der Waals surface area (Å²) in [5, 5.41) is 4.25. The lowest BCUT2D eigenvalue weighted by Crippen LogP contribution is -2.49. The molecule has 7 heteroatoms.